The number of ether oxygens (including phenoxy) is 1. The summed E-state index contributed by atoms with van der Waals surface area (Å²) in [6.45, 7) is 2.32. The SMILES string of the molecule is CCCCCC/C=C\C/C=C\CCCCCCCCCC(=O)NC(COP(=O)(O)OCC(O)COC(=O)CCCCC)C(=O)O. The van der Waals surface area contributed by atoms with E-state index < -0.39 is 57.6 Å². The van der Waals surface area contributed by atoms with Gasteiger partial charge in [-0.05, 0) is 44.9 Å². The highest BCUT2D eigenvalue weighted by molar-refractivity contribution is 7.47. The number of rotatable bonds is 31. The molecule has 0 spiro atoms. The molecule has 0 saturated heterocycles. The van der Waals surface area contributed by atoms with Gasteiger partial charge in [-0.2, -0.15) is 0 Å². The van der Waals surface area contributed by atoms with Crippen LogP contribution in [0.3, 0.4) is 0 Å². The van der Waals surface area contributed by atoms with Gasteiger partial charge in [-0.15, -0.1) is 0 Å². The molecule has 12 heteroatoms. The first-order chi connectivity index (χ1) is 21.6. The number of phosphoric ester groups is 1. The number of amides is 1. The third-order valence-corrected chi connectivity index (χ3v) is 7.94. The molecule has 0 aromatic rings. The highest BCUT2D eigenvalue weighted by atomic mass is 31.2. The molecule has 3 unspecified atom stereocenters. The van der Waals surface area contributed by atoms with Crippen LogP contribution < -0.4 is 5.32 Å². The van der Waals surface area contributed by atoms with E-state index in [-0.39, 0.29) is 12.8 Å². The summed E-state index contributed by atoms with van der Waals surface area (Å²) in [6, 6.07) is -1.55. The summed E-state index contributed by atoms with van der Waals surface area (Å²) in [6.07, 6.45) is 26.0. The smallest absolute Gasteiger partial charge is 0.472 e. The Labute approximate surface area is 270 Å². The third kappa shape index (κ3) is 29.1. The molecule has 0 radical (unpaired) electrons. The molecule has 0 aliphatic rings. The van der Waals surface area contributed by atoms with E-state index in [2.05, 4.69) is 41.1 Å². The van der Waals surface area contributed by atoms with E-state index in [0.29, 0.717) is 12.8 Å². The molecule has 0 heterocycles. The number of aliphatic hydroxyl groups is 1. The van der Waals surface area contributed by atoms with Gasteiger partial charge in [-0.25, -0.2) is 9.36 Å². The molecule has 0 bridgehead atoms. The molecule has 0 rings (SSSR count). The molecule has 0 aliphatic carbocycles. The number of carbonyl (C=O) groups excluding carboxylic acids is 2. The van der Waals surface area contributed by atoms with Gasteiger partial charge < -0.3 is 25.2 Å². The number of phosphoric acid groups is 1. The molecule has 262 valence electrons. The van der Waals surface area contributed by atoms with Crippen LogP contribution in [-0.2, 0) is 32.7 Å². The number of hydrogen-bond acceptors (Lipinski definition) is 8. The van der Waals surface area contributed by atoms with Crippen molar-refractivity contribution in [3.63, 3.8) is 0 Å². The molecular formula is C33H60NO10P. The fraction of sp³-hybridized carbons (Fsp3) is 0.788. The molecule has 1 amide bonds. The number of allylic oxidation sites excluding steroid dienone is 4. The summed E-state index contributed by atoms with van der Waals surface area (Å²) >= 11 is 0. The van der Waals surface area contributed by atoms with Crippen LogP contribution in [0.2, 0.25) is 0 Å². The van der Waals surface area contributed by atoms with E-state index >= 15 is 0 Å². The van der Waals surface area contributed by atoms with Gasteiger partial charge in [0.1, 0.15) is 12.7 Å². The zero-order chi connectivity index (χ0) is 33.6. The number of aliphatic carboxylic acids is 1. The zero-order valence-electron chi connectivity index (χ0n) is 27.7. The summed E-state index contributed by atoms with van der Waals surface area (Å²) in [5.41, 5.74) is 0. The van der Waals surface area contributed by atoms with Crippen LogP contribution in [0.15, 0.2) is 24.3 Å². The first-order valence-electron chi connectivity index (χ1n) is 16.9. The summed E-state index contributed by atoms with van der Waals surface area (Å²) in [4.78, 5) is 45.1. The highest BCUT2D eigenvalue weighted by Gasteiger charge is 2.28. The van der Waals surface area contributed by atoms with Gasteiger partial charge in [-0.3, -0.25) is 18.6 Å². The van der Waals surface area contributed by atoms with Crippen molar-refractivity contribution in [1.82, 2.24) is 5.32 Å². The molecule has 4 N–H and O–H groups in total. The van der Waals surface area contributed by atoms with Crippen molar-refractivity contribution in [3.05, 3.63) is 24.3 Å². The number of nitrogens with one attached hydrogen (secondary N) is 1. The first-order valence-corrected chi connectivity index (χ1v) is 18.4. The predicted octanol–water partition coefficient (Wildman–Crippen LogP) is 7.16. The van der Waals surface area contributed by atoms with Crippen LogP contribution in [-0.4, -0.2) is 64.9 Å². The van der Waals surface area contributed by atoms with Gasteiger partial charge in [0.05, 0.1) is 13.2 Å². The van der Waals surface area contributed by atoms with Gasteiger partial charge in [0.25, 0.3) is 0 Å². The lowest BCUT2D eigenvalue weighted by Crippen LogP contribution is -2.43. The van der Waals surface area contributed by atoms with E-state index in [4.69, 9.17) is 9.26 Å². The third-order valence-electron chi connectivity index (χ3n) is 6.99. The van der Waals surface area contributed by atoms with Gasteiger partial charge in [0.2, 0.25) is 5.91 Å². The molecule has 0 aromatic heterocycles. The average molecular weight is 662 g/mol. The lowest BCUT2D eigenvalue weighted by atomic mass is 10.1. The predicted molar refractivity (Wildman–Crippen MR) is 176 cm³/mol. The molecule has 0 saturated carbocycles. The minimum atomic E-state index is -4.73. The number of carbonyl (C=O) groups is 3. The van der Waals surface area contributed by atoms with Gasteiger partial charge >= 0.3 is 19.8 Å². The number of hydrogen-bond donors (Lipinski definition) is 4. The quantitative estimate of drug-likeness (QED) is 0.0259. The van der Waals surface area contributed by atoms with E-state index in [1.165, 1.54) is 44.9 Å². The van der Waals surface area contributed by atoms with Crippen molar-refractivity contribution < 1.29 is 47.8 Å². The largest absolute Gasteiger partial charge is 0.480 e. The Morgan fingerprint density at radius 2 is 1.22 bits per heavy atom. The van der Waals surface area contributed by atoms with Crippen molar-refractivity contribution in [2.24, 2.45) is 0 Å². The molecule has 0 aromatic carbocycles. The Morgan fingerprint density at radius 3 is 1.82 bits per heavy atom. The van der Waals surface area contributed by atoms with Gasteiger partial charge in [-0.1, -0.05) is 102 Å². The summed E-state index contributed by atoms with van der Waals surface area (Å²) in [7, 11) is -4.73. The molecule has 0 fully saturated rings. The molecule has 3 atom stereocenters. The van der Waals surface area contributed by atoms with Crippen molar-refractivity contribution >= 4 is 25.7 Å². The number of aliphatic hydroxyl groups excluding tert-OH is 1. The zero-order valence-corrected chi connectivity index (χ0v) is 28.6. The Hall–Kier alpha value is -2.04. The monoisotopic (exact) mass is 661 g/mol. The topological polar surface area (TPSA) is 169 Å². The maximum atomic E-state index is 12.2. The van der Waals surface area contributed by atoms with E-state index in [9.17, 15) is 34.1 Å². The van der Waals surface area contributed by atoms with Crippen LogP contribution in [0.1, 0.15) is 136 Å². The van der Waals surface area contributed by atoms with Gasteiger partial charge in [0, 0.05) is 12.8 Å². The molecular weight excluding hydrogens is 601 g/mol. The number of esters is 1. The number of carboxylic acids is 1. The average Bonchev–Trinajstić information content (AvgIpc) is 3.00. The van der Waals surface area contributed by atoms with Crippen molar-refractivity contribution in [1.29, 1.82) is 0 Å². The summed E-state index contributed by atoms with van der Waals surface area (Å²) in [5.74, 6) is -2.41. The minimum absolute atomic E-state index is 0.137. The second kappa shape index (κ2) is 29.4. The van der Waals surface area contributed by atoms with Crippen LogP contribution in [0.4, 0.5) is 0 Å². The standard InChI is InChI=1S/C33H60NO10P/c1-3-5-7-8-9-10-11-12-13-14-15-16-17-18-19-20-21-23-24-31(36)34-30(33(38)39)28-44-45(40,41)43-27-29(35)26-42-32(37)25-22-6-4-2/h10-11,13-14,29-30,35H,3-9,12,15-28H2,1-2H3,(H,34,36)(H,38,39)(H,40,41)/b11-10-,14-13-. The van der Waals surface area contributed by atoms with Crippen molar-refractivity contribution in [3.8, 4) is 0 Å². The van der Waals surface area contributed by atoms with Crippen LogP contribution in [0, 0.1) is 0 Å². The van der Waals surface area contributed by atoms with E-state index in [1.54, 1.807) is 0 Å². The Balaban J connectivity index is 3.96. The summed E-state index contributed by atoms with van der Waals surface area (Å²) < 4.78 is 26.3. The fourth-order valence-electron chi connectivity index (χ4n) is 4.28. The number of unbranched alkanes of at least 4 members (excludes halogenated alkanes) is 13. The number of carboxylic acid groups (broad SMARTS) is 1. The summed E-state index contributed by atoms with van der Waals surface area (Å²) in [5, 5.41) is 21.5. The molecule has 11 nitrogen and oxygen atoms in total. The second-order valence-electron chi connectivity index (χ2n) is 11.4. The van der Waals surface area contributed by atoms with E-state index in [0.717, 1.165) is 51.4 Å². The maximum absolute atomic E-state index is 12.2. The van der Waals surface area contributed by atoms with E-state index in [1.807, 2.05) is 6.92 Å². The molecule has 45 heavy (non-hydrogen) atoms. The normalized spacial score (nSPS) is 14.4. The van der Waals surface area contributed by atoms with Crippen molar-refractivity contribution in [2.75, 3.05) is 19.8 Å². The minimum Gasteiger partial charge on any atom is -0.480 e. The fourth-order valence-corrected chi connectivity index (χ4v) is 5.06. The second-order valence-corrected chi connectivity index (χ2v) is 12.8. The Morgan fingerprint density at radius 1 is 0.711 bits per heavy atom. The Kier molecular flexibility index (Phi) is 28.0. The highest BCUT2D eigenvalue weighted by Crippen LogP contribution is 2.43. The molecule has 0 aliphatic heterocycles. The van der Waals surface area contributed by atoms with Crippen LogP contribution in [0.25, 0.3) is 0 Å². The maximum Gasteiger partial charge on any atom is 0.472 e. The first kappa shape index (κ1) is 43.0. The Bertz CT molecular complexity index is 880. The van der Waals surface area contributed by atoms with Gasteiger partial charge in [0.15, 0.2) is 6.04 Å². The van der Waals surface area contributed by atoms with Crippen molar-refractivity contribution in [2.45, 2.75) is 148 Å². The van der Waals surface area contributed by atoms with Crippen LogP contribution >= 0.6 is 7.82 Å². The van der Waals surface area contributed by atoms with Crippen LogP contribution in [0.5, 0.6) is 0 Å². The lowest BCUT2D eigenvalue weighted by molar-refractivity contribution is -0.147. The lowest BCUT2D eigenvalue weighted by Gasteiger charge is -2.18.